The van der Waals surface area contributed by atoms with Crippen LogP contribution in [-0.4, -0.2) is 0 Å². The summed E-state index contributed by atoms with van der Waals surface area (Å²) in [5.41, 5.74) is 0. The first-order valence-electron chi connectivity index (χ1n) is 3.35. The number of benzene rings is 1. The van der Waals surface area contributed by atoms with Crippen LogP contribution in [0.3, 0.4) is 0 Å². The lowest BCUT2D eigenvalue weighted by molar-refractivity contribution is 0.471. The zero-order valence-corrected chi connectivity index (χ0v) is 7.43. The maximum Gasteiger partial charge on any atom is 0.599 e. The molecule has 0 radical (unpaired) electrons. The SMILES string of the molecule is C=CO[P+](=O)c1ccc(F)cc1F. The van der Waals surface area contributed by atoms with E-state index in [0.717, 1.165) is 18.4 Å². The molecule has 0 aromatic heterocycles. The van der Waals surface area contributed by atoms with Gasteiger partial charge in [0.2, 0.25) is 0 Å². The Kier molecular flexibility index (Phi) is 3.09. The van der Waals surface area contributed by atoms with Crippen molar-refractivity contribution in [2.75, 3.05) is 0 Å². The predicted molar refractivity (Wildman–Crippen MR) is 44.9 cm³/mol. The van der Waals surface area contributed by atoms with Gasteiger partial charge in [0.15, 0.2) is 5.82 Å². The van der Waals surface area contributed by atoms with Crippen molar-refractivity contribution in [3.05, 3.63) is 42.7 Å². The summed E-state index contributed by atoms with van der Waals surface area (Å²) in [5.74, 6) is -1.61. The second-order valence-electron chi connectivity index (χ2n) is 2.12. The van der Waals surface area contributed by atoms with Crippen LogP contribution in [-0.2, 0) is 9.09 Å². The predicted octanol–water partition coefficient (Wildman–Crippen LogP) is 2.49. The van der Waals surface area contributed by atoms with Crippen LogP contribution in [0.5, 0.6) is 0 Å². The molecule has 0 saturated heterocycles. The average Bonchev–Trinajstić information content (AvgIpc) is 2.04. The molecule has 0 bridgehead atoms. The van der Waals surface area contributed by atoms with Gasteiger partial charge in [-0.3, -0.25) is 4.52 Å². The summed E-state index contributed by atoms with van der Waals surface area (Å²) in [6.07, 6.45) is 0.946. The monoisotopic (exact) mass is 203 g/mol. The van der Waals surface area contributed by atoms with E-state index in [1.54, 1.807) is 0 Å². The highest BCUT2D eigenvalue weighted by atomic mass is 31.1. The van der Waals surface area contributed by atoms with Crippen molar-refractivity contribution in [2.24, 2.45) is 0 Å². The van der Waals surface area contributed by atoms with Crippen LogP contribution in [0.25, 0.3) is 0 Å². The second kappa shape index (κ2) is 4.10. The standard InChI is InChI=1S/C8H6F2O2P/c1-2-12-13(11)8-4-3-6(9)5-7(8)10/h2-5H,1H2/q+1. The van der Waals surface area contributed by atoms with E-state index in [1.165, 1.54) is 0 Å². The number of hydrogen-bond acceptors (Lipinski definition) is 2. The van der Waals surface area contributed by atoms with Crippen LogP contribution in [0.15, 0.2) is 31.0 Å². The Balaban J connectivity index is 3.01. The van der Waals surface area contributed by atoms with Gasteiger partial charge in [-0.25, -0.2) is 8.78 Å². The molecule has 1 aromatic rings. The quantitative estimate of drug-likeness (QED) is 0.557. The van der Waals surface area contributed by atoms with Crippen molar-refractivity contribution < 1.29 is 17.9 Å². The second-order valence-corrected chi connectivity index (χ2v) is 3.33. The van der Waals surface area contributed by atoms with E-state index in [0.29, 0.717) is 6.07 Å². The van der Waals surface area contributed by atoms with Crippen molar-refractivity contribution >= 4 is 13.3 Å². The highest BCUT2D eigenvalue weighted by Gasteiger charge is 2.26. The Labute approximate surface area is 74.7 Å². The van der Waals surface area contributed by atoms with Crippen molar-refractivity contribution in [2.45, 2.75) is 0 Å². The van der Waals surface area contributed by atoms with Gasteiger partial charge in [-0.15, -0.1) is 0 Å². The highest BCUT2D eigenvalue weighted by molar-refractivity contribution is 7.48. The van der Waals surface area contributed by atoms with Gasteiger partial charge in [0, 0.05) is 12.1 Å². The van der Waals surface area contributed by atoms with Gasteiger partial charge in [0.1, 0.15) is 12.1 Å². The van der Waals surface area contributed by atoms with E-state index < -0.39 is 19.7 Å². The van der Waals surface area contributed by atoms with E-state index in [2.05, 4.69) is 11.1 Å². The molecule has 1 atom stereocenters. The molecule has 68 valence electrons. The normalized spacial score (nSPS) is 10.8. The fourth-order valence-electron chi connectivity index (χ4n) is 0.754. The Hall–Kier alpha value is -1.28. The Morgan fingerprint density at radius 2 is 2.15 bits per heavy atom. The molecule has 2 nitrogen and oxygen atoms in total. The lowest BCUT2D eigenvalue weighted by Crippen LogP contribution is -2.03. The van der Waals surface area contributed by atoms with Gasteiger partial charge in [-0.05, 0) is 10.6 Å². The Bertz CT molecular complexity index is 352. The summed E-state index contributed by atoms with van der Waals surface area (Å²) >= 11 is 0. The third-order valence-corrected chi connectivity index (χ3v) is 2.37. The number of halogens is 2. The molecule has 13 heavy (non-hydrogen) atoms. The third kappa shape index (κ3) is 2.33. The first-order chi connectivity index (χ1) is 6.15. The van der Waals surface area contributed by atoms with Crippen LogP contribution in [0.1, 0.15) is 0 Å². The molecule has 0 saturated carbocycles. The molecule has 1 rings (SSSR count). The molecular formula is C8H6F2O2P+. The summed E-state index contributed by atoms with van der Waals surface area (Å²) in [7, 11) is -2.32. The van der Waals surface area contributed by atoms with E-state index in [1.807, 2.05) is 0 Å². The number of rotatable bonds is 3. The van der Waals surface area contributed by atoms with Crippen molar-refractivity contribution in [1.29, 1.82) is 0 Å². The summed E-state index contributed by atoms with van der Waals surface area (Å²) in [6, 6.07) is 2.74. The van der Waals surface area contributed by atoms with E-state index >= 15 is 0 Å². The van der Waals surface area contributed by atoms with E-state index in [-0.39, 0.29) is 5.30 Å². The van der Waals surface area contributed by atoms with Crippen LogP contribution in [0, 0.1) is 11.6 Å². The molecule has 0 fully saturated rings. The minimum atomic E-state index is -2.32. The smallest absolute Gasteiger partial charge is 0.259 e. The molecule has 0 N–H and O–H groups in total. The van der Waals surface area contributed by atoms with Crippen LogP contribution < -0.4 is 5.30 Å². The lowest BCUT2D eigenvalue weighted by atomic mass is 10.3. The third-order valence-electron chi connectivity index (χ3n) is 1.28. The van der Waals surface area contributed by atoms with Crippen LogP contribution in [0.2, 0.25) is 0 Å². The first kappa shape index (κ1) is 9.81. The molecule has 0 amide bonds. The fraction of sp³-hybridized carbons (Fsp3) is 0. The Morgan fingerprint density at radius 3 is 2.69 bits per heavy atom. The minimum absolute atomic E-state index is 0.170. The molecule has 0 aliphatic heterocycles. The molecule has 0 aliphatic carbocycles. The summed E-state index contributed by atoms with van der Waals surface area (Å²) in [5, 5.41) is -0.170. The van der Waals surface area contributed by atoms with Crippen LogP contribution in [0.4, 0.5) is 8.78 Å². The molecule has 1 aromatic carbocycles. The molecule has 0 heterocycles. The van der Waals surface area contributed by atoms with Crippen molar-refractivity contribution in [1.82, 2.24) is 0 Å². The van der Waals surface area contributed by atoms with Gasteiger partial charge in [-0.1, -0.05) is 6.58 Å². The molecule has 0 aliphatic rings. The van der Waals surface area contributed by atoms with E-state index in [9.17, 15) is 13.3 Å². The van der Waals surface area contributed by atoms with Gasteiger partial charge < -0.3 is 0 Å². The maximum absolute atomic E-state index is 12.9. The average molecular weight is 203 g/mol. The number of hydrogen-bond donors (Lipinski definition) is 0. The van der Waals surface area contributed by atoms with Crippen molar-refractivity contribution in [3.63, 3.8) is 0 Å². The molecule has 1 unspecified atom stereocenters. The minimum Gasteiger partial charge on any atom is -0.259 e. The maximum atomic E-state index is 12.9. The first-order valence-corrected chi connectivity index (χ1v) is 4.53. The Morgan fingerprint density at radius 1 is 1.46 bits per heavy atom. The molecule has 5 heteroatoms. The van der Waals surface area contributed by atoms with Gasteiger partial charge >= 0.3 is 8.03 Å². The largest absolute Gasteiger partial charge is 0.599 e. The fourth-order valence-corrected chi connectivity index (χ4v) is 1.44. The topological polar surface area (TPSA) is 26.3 Å². The summed E-state index contributed by atoms with van der Waals surface area (Å²) < 4.78 is 40.8. The highest BCUT2D eigenvalue weighted by Crippen LogP contribution is 2.23. The zero-order chi connectivity index (χ0) is 9.84. The molecule has 0 spiro atoms. The zero-order valence-electron chi connectivity index (χ0n) is 6.54. The summed E-state index contributed by atoms with van der Waals surface area (Å²) in [6.45, 7) is 3.17. The van der Waals surface area contributed by atoms with Crippen LogP contribution >= 0.6 is 8.03 Å². The van der Waals surface area contributed by atoms with Gasteiger partial charge in [0.25, 0.3) is 5.30 Å². The lowest BCUT2D eigenvalue weighted by Gasteiger charge is -1.89. The molecular weight excluding hydrogens is 197 g/mol. The van der Waals surface area contributed by atoms with E-state index in [4.69, 9.17) is 0 Å². The van der Waals surface area contributed by atoms with Gasteiger partial charge in [-0.2, -0.15) is 0 Å². The summed E-state index contributed by atoms with van der Waals surface area (Å²) in [4.78, 5) is 0. The van der Waals surface area contributed by atoms with Crippen molar-refractivity contribution in [3.8, 4) is 0 Å². The van der Waals surface area contributed by atoms with Gasteiger partial charge in [0.05, 0.1) is 0 Å².